The highest BCUT2D eigenvalue weighted by molar-refractivity contribution is 5.93. The van der Waals surface area contributed by atoms with E-state index in [0.29, 0.717) is 39.7 Å². The number of nitrogens with two attached hydrogens (primary N) is 1. The highest BCUT2D eigenvalue weighted by atomic mass is 19.4. The fraction of sp³-hybridized carbons (Fsp3) is 0.0870. The normalized spacial score (nSPS) is 11.4. The van der Waals surface area contributed by atoms with E-state index in [4.69, 9.17) is 5.73 Å². The molecule has 2 heterocycles. The van der Waals surface area contributed by atoms with Crippen LogP contribution >= 0.6 is 0 Å². The van der Waals surface area contributed by atoms with Crippen LogP contribution in [0.3, 0.4) is 0 Å². The first-order valence-corrected chi connectivity index (χ1v) is 9.58. The van der Waals surface area contributed by atoms with Crippen molar-refractivity contribution in [1.29, 1.82) is 0 Å². The van der Waals surface area contributed by atoms with Gasteiger partial charge in [0, 0.05) is 23.0 Å². The van der Waals surface area contributed by atoms with Crippen LogP contribution in [0.5, 0.6) is 0 Å². The number of halogens is 3. The number of rotatable bonds is 5. The topological polar surface area (TPSA) is 85.8 Å². The Balaban J connectivity index is 1.68. The van der Waals surface area contributed by atoms with Crippen molar-refractivity contribution < 1.29 is 18.0 Å². The lowest BCUT2D eigenvalue weighted by atomic mass is 10.1. The number of aryl methyl sites for hydroxylation is 1. The van der Waals surface area contributed by atoms with Crippen LogP contribution < -0.4 is 11.1 Å². The van der Waals surface area contributed by atoms with Gasteiger partial charge in [-0.3, -0.25) is 4.79 Å². The van der Waals surface area contributed by atoms with Crippen molar-refractivity contribution in [1.82, 2.24) is 14.8 Å². The van der Waals surface area contributed by atoms with Gasteiger partial charge in [-0.15, -0.1) is 0 Å². The number of carbonyl (C=O) groups is 1. The molecule has 162 valence electrons. The summed E-state index contributed by atoms with van der Waals surface area (Å²) in [6.07, 6.45) is -2.86. The van der Waals surface area contributed by atoms with Gasteiger partial charge >= 0.3 is 6.18 Å². The molecule has 0 atom stereocenters. The van der Waals surface area contributed by atoms with Crippen LogP contribution in [-0.4, -0.2) is 20.7 Å². The molecule has 0 aliphatic rings. The smallest absolute Gasteiger partial charge is 0.366 e. The van der Waals surface area contributed by atoms with Crippen molar-refractivity contribution in [2.24, 2.45) is 5.73 Å². The second kappa shape index (κ2) is 8.18. The Hall–Kier alpha value is -4.14. The lowest BCUT2D eigenvalue weighted by Gasteiger charge is -2.12. The van der Waals surface area contributed by atoms with Gasteiger partial charge in [0.1, 0.15) is 5.82 Å². The maximum absolute atomic E-state index is 13.2. The van der Waals surface area contributed by atoms with Crippen LogP contribution in [0.25, 0.3) is 16.9 Å². The number of hydrogen-bond acceptors (Lipinski definition) is 4. The number of alkyl halides is 3. The maximum atomic E-state index is 13.2. The van der Waals surface area contributed by atoms with E-state index in [1.807, 2.05) is 0 Å². The van der Waals surface area contributed by atoms with Gasteiger partial charge in [-0.2, -0.15) is 18.3 Å². The van der Waals surface area contributed by atoms with E-state index >= 15 is 0 Å². The Morgan fingerprint density at radius 2 is 1.78 bits per heavy atom. The third-order valence-electron chi connectivity index (χ3n) is 4.75. The molecule has 0 saturated heterocycles. The quantitative estimate of drug-likeness (QED) is 0.455. The number of aromatic nitrogens is 3. The van der Waals surface area contributed by atoms with Gasteiger partial charge in [0.25, 0.3) is 0 Å². The zero-order valence-corrected chi connectivity index (χ0v) is 16.9. The summed E-state index contributed by atoms with van der Waals surface area (Å²) < 4.78 is 41.0. The van der Waals surface area contributed by atoms with Crippen LogP contribution in [0.4, 0.5) is 24.7 Å². The minimum atomic E-state index is -4.45. The predicted molar refractivity (Wildman–Crippen MR) is 115 cm³/mol. The lowest BCUT2D eigenvalue weighted by Crippen LogP contribution is -2.10. The van der Waals surface area contributed by atoms with Crippen LogP contribution in [-0.2, 0) is 6.18 Å². The number of pyridine rings is 1. The van der Waals surface area contributed by atoms with E-state index in [1.54, 1.807) is 61.7 Å². The summed E-state index contributed by atoms with van der Waals surface area (Å²) in [6.45, 7) is 1.77. The van der Waals surface area contributed by atoms with E-state index in [2.05, 4.69) is 15.4 Å². The van der Waals surface area contributed by atoms with Crippen molar-refractivity contribution in [3.05, 3.63) is 89.7 Å². The van der Waals surface area contributed by atoms with Crippen LogP contribution in [0.2, 0.25) is 0 Å². The molecule has 0 saturated carbocycles. The number of benzene rings is 2. The fourth-order valence-corrected chi connectivity index (χ4v) is 3.24. The third-order valence-corrected chi connectivity index (χ3v) is 4.75. The molecular formula is C23H18F3N5O. The standard InChI is InChI=1S/C23H18F3N5O/c1-14-11-20(31(30-14)19-4-2-3-17(13-19)23(24,25)26)16-9-10-28-21(12-16)29-18-7-5-15(6-8-18)22(27)32/h2-13H,1H3,(H2,27,32)(H,28,29). The zero-order valence-electron chi connectivity index (χ0n) is 16.9. The van der Waals surface area contributed by atoms with Crippen molar-refractivity contribution in [3.63, 3.8) is 0 Å². The van der Waals surface area contributed by atoms with E-state index in [1.165, 1.54) is 10.7 Å². The average molecular weight is 437 g/mol. The first-order valence-electron chi connectivity index (χ1n) is 9.58. The predicted octanol–water partition coefficient (Wildman–Crippen LogP) is 5.10. The Bertz CT molecular complexity index is 1280. The maximum Gasteiger partial charge on any atom is 0.416 e. The molecule has 0 aliphatic carbocycles. The summed E-state index contributed by atoms with van der Waals surface area (Å²) in [4.78, 5) is 15.5. The summed E-state index contributed by atoms with van der Waals surface area (Å²) >= 11 is 0. The van der Waals surface area contributed by atoms with Crippen molar-refractivity contribution in [2.75, 3.05) is 5.32 Å². The first-order chi connectivity index (χ1) is 15.2. The van der Waals surface area contributed by atoms with Gasteiger partial charge < -0.3 is 11.1 Å². The summed E-state index contributed by atoms with van der Waals surface area (Å²) in [6, 6.07) is 16.9. The van der Waals surface area contributed by atoms with Crippen molar-refractivity contribution in [3.8, 4) is 16.9 Å². The third kappa shape index (κ3) is 4.46. The SMILES string of the molecule is Cc1cc(-c2ccnc(Nc3ccc(C(N)=O)cc3)c2)n(-c2cccc(C(F)(F)F)c2)n1. The summed E-state index contributed by atoms with van der Waals surface area (Å²) in [5.74, 6) is -0.00123. The van der Waals surface area contributed by atoms with Gasteiger partial charge in [0.15, 0.2) is 0 Å². The summed E-state index contributed by atoms with van der Waals surface area (Å²) in [7, 11) is 0. The Labute approximate surface area is 181 Å². The van der Waals surface area contributed by atoms with Gasteiger partial charge in [0.05, 0.1) is 22.6 Å². The minimum absolute atomic E-state index is 0.302. The zero-order chi connectivity index (χ0) is 22.9. The summed E-state index contributed by atoms with van der Waals surface area (Å²) in [5.41, 5.74) is 7.89. The molecule has 6 nitrogen and oxygen atoms in total. The minimum Gasteiger partial charge on any atom is -0.366 e. The molecule has 32 heavy (non-hydrogen) atoms. The van der Waals surface area contributed by atoms with E-state index in [9.17, 15) is 18.0 Å². The van der Waals surface area contributed by atoms with E-state index in [-0.39, 0.29) is 0 Å². The van der Waals surface area contributed by atoms with Crippen molar-refractivity contribution in [2.45, 2.75) is 13.1 Å². The number of primary amides is 1. The Morgan fingerprint density at radius 3 is 2.47 bits per heavy atom. The second-order valence-corrected chi connectivity index (χ2v) is 7.13. The molecule has 0 aliphatic heterocycles. The largest absolute Gasteiger partial charge is 0.416 e. The number of carbonyl (C=O) groups excluding carboxylic acids is 1. The molecule has 3 N–H and O–H groups in total. The molecular weight excluding hydrogens is 419 g/mol. The molecule has 4 aromatic rings. The van der Waals surface area contributed by atoms with Crippen molar-refractivity contribution >= 4 is 17.4 Å². The number of amides is 1. The molecule has 0 unspecified atom stereocenters. The van der Waals surface area contributed by atoms with Gasteiger partial charge in [-0.25, -0.2) is 9.67 Å². The van der Waals surface area contributed by atoms with E-state index in [0.717, 1.165) is 12.1 Å². The molecule has 2 aromatic carbocycles. The fourth-order valence-electron chi connectivity index (χ4n) is 3.24. The molecule has 0 radical (unpaired) electrons. The number of anilines is 2. The summed E-state index contributed by atoms with van der Waals surface area (Å²) in [5, 5.41) is 7.52. The monoisotopic (exact) mass is 437 g/mol. The average Bonchev–Trinajstić information content (AvgIpc) is 3.16. The van der Waals surface area contributed by atoms with E-state index < -0.39 is 17.6 Å². The van der Waals surface area contributed by atoms with Gasteiger partial charge in [0.2, 0.25) is 5.91 Å². The molecule has 0 fully saturated rings. The molecule has 0 spiro atoms. The highest BCUT2D eigenvalue weighted by Crippen LogP contribution is 2.32. The van der Waals surface area contributed by atoms with Gasteiger partial charge in [-0.1, -0.05) is 6.07 Å². The molecule has 4 rings (SSSR count). The number of nitrogens with zero attached hydrogens (tertiary/aromatic N) is 3. The molecule has 2 aromatic heterocycles. The number of hydrogen-bond donors (Lipinski definition) is 2. The second-order valence-electron chi connectivity index (χ2n) is 7.13. The Morgan fingerprint density at radius 1 is 1.03 bits per heavy atom. The molecule has 9 heteroatoms. The van der Waals surface area contributed by atoms with Gasteiger partial charge in [-0.05, 0) is 67.6 Å². The number of nitrogens with one attached hydrogen (secondary N) is 1. The molecule has 0 bridgehead atoms. The highest BCUT2D eigenvalue weighted by Gasteiger charge is 2.30. The lowest BCUT2D eigenvalue weighted by molar-refractivity contribution is -0.137. The van der Waals surface area contributed by atoms with Crippen LogP contribution in [0.15, 0.2) is 72.9 Å². The van der Waals surface area contributed by atoms with Crippen LogP contribution in [0.1, 0.15) is 21.6 Å². The molecule has 1 amide bonds. The Kier molecular flexibility index (Phi) is 5.40. The van der Waals surface area contributed by atoms with Crippen LogP contribution in [0, 0.1) is 6.92 Å². The first kappa shape index (κ1) is 21.1.